The van der Waals surface area contributed by atoms with Crippen LogP contribution >= 0.6 is 0 Å². The van der Waals surface area contributed by atoms with Crippen LogP contribution < -0.4 is 0 Å². The largest absolute Gasteiger partial charge is 0.382 e. The Labute approximate surface area is 229 Å². The van der Waals surface area contributed by atoms with E-state index in [4.69, 9.17) is 56.8 Å². The molecule has 0 aliphatic rings. The maximum Gasteiger partial charge on any atom is 0.0701 e. The van der Waals surface area contributed by atoms with Crippen molar-refractivity contribution in [2.45, 2.75) is 13.3 Å². The van der Waals surface area contributed by atoms with Crippen molar-refractivity contribution in [2.75, 3.05) is 159 Å². The Bertz CT molecular complexity index is 370. The Morgan fingerprint density at radius 1 is 0.237 bits per heavy atom. The second kappa shape index (κ2) is 36.5. The predicted molar refractivity (Wildman–Crippen MR) is 141 cm³/mol. The molecule has 0 aromatic rings. The van der Waals surface area contributed by atoms with Gasteiger partial charge in [-0.1, -0.05) is 6.92 Å². The van der Waals surface area contributed by atoms with Crippen molar-refractivity contribution < 1.29 is 56.8 Å². The van der Waals surface area contributed by atoms with E-state index >= 15 is 0 Å². The van der Waals surface area contributed by atoms with Gasteiger partial charge in [0.05, 0.1) is 145 Å². The van der Waals surface area contributed by atoms with Crippen LogP contribution in [0.5, 0.6) is 0 Å². The lowest BCUT2D eigenvalue weighted by Gasteiger charge is -2.09. The summed E-state index contributed by atoms with van der Waals surface area (Å²) in [4.78, 5) is 0. The average molecular weight is 559 g/mol. The summed E-state index contributed by atoms with van der Waals surface area (Å²) in [5.74, 6) is 0. The summed E-state index contributed by atoms with van der Waals surface area (Å²) < 4.78 is 64.4. The SMILES string of the molecule is CCCOCCOCCOCCOCCOCCOCCOCCOCCOCCOCCOCCOC. The first-order valence-corrected chi connectivity index (χ1v) is 13.8. The van der Waals surface area contributed by atoms with Gasteiger partial charge >= 0.3 is 0 Å². The highest BCUT2D eigenvalue weighted by Gasteiger charge is 1.96. The Hall–Kier alpha value is -0.480. The number of ether oxygens (including phenoxy) is 12. The summed E-state index contributed by atoms with van der Waals surface area (Å²) >= 11 is 0. The van der Waals surface area contributed by atoms with Gasteiger partial charge in [-0.15, -0.1) is 0 Å². The Balaban J connectivity index is 3.01. The first-order chi connectivity index (χ1) is 18.9. The van der Waals surface area contributed by atoms with E-state index in [1.807, 2.05) is 0 Å². The molecule has 12 heteroatoms. The minimum Gasteiger partial charge on any atom is -0.382 e. The minimum atomic E-state index is 0.521. The molecule has 0 aromatic heterocycles. The monoisotopic (exact) mass is 558 g/mol. The second-order valence-corrected chi connectivity index (χ2v) is 7.73. The van der Waals surface area contributed by atoms with Gasteiger partial charge < -0.3 is 56.8 Å². The molecule has 0 atom stereocenters. The smallest absolute Gasteiger partial charge is 0.0701 e. The topological polar surface area (TPSA) is 111 Å². The van der Waals surface area contributed by atoms with Crippen LogP contribution in [0.1, 0.15) is 13.3 Å². The third-order valence-corrected chi connectivity index (χ3v) is 4.50. The van der Waals surface area contributed by atoms with Crippen LogP contribution in [0.4, 0.5) is 0 Å². The first-order valence-electron chi connectivity index (χ1n) is 13.8. The second-order valence-electron chi connectivity index (χ2n) is 7.73. The van der Waals surface area contributed by atoms with Crippen molar-refractivity contribution in [3.8, 4) is 0 Å². The van der Waals surface area contributed by atoms with Gasteiger partial charge in [0, 0.05) is 13.7 Å². The van der Waals surface area contributed by atoms with Crippen LogP contribution in [0.15, 0.2) is 0 Å². The molecule has 0 rings (SSSR count). The third kappa shape index (κ3) is 35.5. The van der Waals surface area contributed by atoms with Crippen LogP contribution in [-0.4, -0.2) is 159 Å². The van der Waals surface area contributed by atoms with Crippen molar-refractivity contribution in [1.29, 1.82) is 0 Å². The molecular formula is C26H54O12. The molecule has 0 aromatic carbocycles. The van der Waals surface area contributed by atoms with E-state index in [0.717, 1.165) is 13.0 Å². The standard InChI is InChI=1S/C26H54O12/c1-3-4-28-7-8-30-11-12-32-15-16-34-19-20-36-23-24-38-26-25-37-22-21-35-18-17-33-14-13-31-10-9-29-6-5-27-2/h3-26H2,1-2H3. The molecule has 0 radical (unpaired) electrons. The average Bonchev–Trinajstić information content (AvgIpc) is 2.93. The lowest BCUT2D eigenvalue weighted by atomic mass is 10.5. The molecule has 0 amide bonds. The van der Waals surface area contributed by atoms with Gasteiger partial charge in [0.15, 0.2) is 0 Å². The third-order valence-electron chi connectivity index (χ3n) is 4.50. The fourth-order valence-electron chi connectivity index (χ4n) is 2.59. The van der Waals surface area contributed by atoms with Crippen LogP contribution in [0, 0.1) is 0 Å². The van der Waals surface area contributed by atoms with Gasteiger partial charge in [0.25, 0.3) is 0 Å². The quantitative estimate of drug-likeness (QED) is 0.104. The first kappa shape index (κ1) is 37.5. The van der Waals surface area contributed by atoms with Crippen LogP contribution in [0.2, 0.25) is 0 Å². The molecule has 0 aliphatic heterocycles. The molecule has 230 valence electrons. The number of methoxy groups -OCH3 is 1. The molecule has 12 nitrogen and oxygen atoms in total. The summed E-state index contributed by atoms with van der Waals surface area (Å²) in [6, 6.07) is 0. The molecule has 0 aliphatic carbocycles. The summed E-state index contributed by atoms with van der Waals surface area (Å²) in [5.41, 5.74) is 0. The van der Waals surface area contributed by atoms with Gasteiger partial charge in [-0.2, -0.15) is 0 Å². The summed E-state index contributed by atoms with van der Waals surface area (Å²) in [5, 5.41) is 0. The Morgan fingerprint density at radius 3 is 0.553 bits per heavy atom. The van der Waals surface area contributed by atoms with E-state index in [1.54, 1.807) is 7.11 Å². The Kier molecular flexibility index (Phi) is 36.1. The predicted octanol–water partition coefficient (Wildman–Crippen LogP) is 1.23. The van der Waals surface area contributed by atoms with Crippen molar-refractivity contribution in [1.82, 2.24) is 0 Å². The molecule has 0 fully saturated rings. The number of hydrogen-bond donors (Lipinski definition) is 0. The fourth-order valence-corrected chi connectivity index (χ4v) is 2.59. The highest BCUT2D eigenvalue weighted by molar-refractivity contribution is 4.39. The minimum absolute atomic E-state index is 0.521. The summed E-state index contributed by atoms with van der Waals surface area (Å²) in [6.07, 6.45) is 1.03. The van der Waals surface area contributed by atoms with E-state index in [0.29, 0.717) is 145 Å². The molecule has 0 unspecified atom stereocenters. The fraction of sp³-hybridized carbons (Fsp3) is 1.00. The van der Waals surface area contributed by atoms with Crippen LogP contribution in [-0.2, 0) is 56.8 Å². The van der Waals surface area contributed by atoms with Gasteiger partial charge in [-0.05, 0) is 6.42 Å². The zero-order valence-electron chi connectivity index (χ0n) is 23.9. The van der Waals surface area contributed by atoms with Gasteiger partial charge in [0.1, 0.15) is 0 Å². The molecule has 38 heavy (non-hydrogen) atoms. The maximum absolute atomic E-state index is 5.46. The number of rotatable bonds is 35. The van der Waals surface area contributed by atoms with Gasteiger partial charge in [-0.3, -0.25) is 0 Å². The summed E-state index contributed by atoms with van der Waals surface area (Å²) in [7, 11) is 1.65. The molecule has 0 saturated carbocycles. The van der Waals surface area contributed by atoms with Gasteiger partial charge in [-0.25, -0.2) is 0 Å². The Morgan fingerprint density at radius 2 is 0.395 bits per heavy atom. The lowest BCUT2D eigenvalue weighted by molar-refractivity contribution is -0.0280. The van der Waals surface area contributed by atoms with Crippen LogP contribution in [0.3, 0.4) is 0 Å². The lowest BCUT2D eigenvalue weighted by Crippen LogP contribution is -2.15. The van der Waals surface area contributed by atoms with E-state index < -0.39 is 0 Å². The van der Waals surface area contributed by atoms with E-state index in [9.17, 15) is 0 Å². The van der Waals surface area contributed by atoms with E-state index in [2.05, 4.69) is 6.92 Å². The number of hydrogen-bond acceptors (Lipinski definition) is 12. The molecule has 0 bridgehead atoms. The normalized spacial score (nSPS) is 11.5. The van der Waals surface area contributed by atoms with Crippen molar-refractivity contribution >= 4 is 0 Å². The van der Waals surface area contributed by atoms with Crippen molar-refractivity contribution in [3.05, 3.63) is 0 Å². The van der Waals surface area contributed by atoms with Gasteiger partial charge in [0.2, 0.25) is 0 Å². The maximum atomic E-state index is 5.46. The van der Waals surface area contributed by atoms with Crippen molar-refractivity contribution in [2.24, 2.45) is 0 Å². The van der Waals surface area contributed by atoms with Crippen LogP contribution in [0.25, 0.3) is 0 Å². The van der Waals surface area contributed by atoms with Crippen molar-refractivity contribution in [3.63, 3.8) is 0 Å². The molecular weight excluding hydrogens is 504 g/mol. The summed E-state index contributed by atoms with van der Waals surface area (Å²) in [6.45, 7) is 14.9. The highest BCUT2D eigenvalue weighted by Crippen LogP contribution is 1.87. The molecule has 0 N–H and O–H groups in total. The molecule has 0 heterocycles. The molecule has 0 saturated heterocycles. The van der Waals surface area contributed by atoms with E-state index in [1.165, 1.54) is 0 Å². The zero-order valence-corrected chi connectivity index (χ0v) is 23.9. The zero-order chi connectivity index (χ0) is 27.5. The molecule has 0 spiro atoms. The van der Waals surface area contributed by atoms with E-state index in [-0.39, 0.29) is 0 Å². The highest BCUT2D eigenvalue weighted by atomic mass is 16.6.